The highest BCUT2D eigenvalue weighted by molar-refractivity contribution is 6.32. The van der Waals surface area contributed by atoms with Crippen LogP contribution in [0.3, 0.4) is 0 Å². The van der Waals surface area contributed by atoms with Gasteiger partial charge in [0.15, 0.2) is 0 Å². The maximum Gasteiger partial charge on any atom is 0.134 e. The molecule has 2 aromatic rings. The lowest BCUT2D eigenvalue weighted by molar-refractivity contribution is 0.474. The van der Waals surface area contributed by atoms with Crippen molar-refractivity contribution < 1.29 is 5.11 Å². The summed E-state index contributed by atoms with van der Waals surface area (Å²) >= 11 is 5.98. The number of nitrogens with one attached hydrogen (secondary N) is 1. The Morgan fingerprint density at radius 2 is 1.71 bits per heavy atom. The first-order valence-electron chi connectivity index (χ1n) is 5.48. The van der Waals surface area contributed by atoms with Crippen LogP contribution in [0.4, 0.5) is 0 Å². The lowest BCUT2D eigenvalue weighted by atomic mass is 10.2. The second-order valence-corrected chi connectivity index (χ2v) is 4.22. The predicted octanol–water partition coefficient (Wildman–Crippen LogP) is 3.34. The molecule has 2 aromatic carbocycles. The maximum absolute atomic E-state index is 9.46. The SMILES string of the molecule is Oc1cccc(CNCc2ccccc2)c1Cl. The molecule has 0 aliphatic rings. The maximum atomic E-state index is 9.46. The molecule has 0 aromatic heterocycles. The molecule has 0 spiro atoms. The Kier molecular flexibility index (Phi) is 4.02. The van der Waals surface area contributed by atoms with Crippen molar-refractivity contribution in [2.24, 2.45) is 0 Å². The summed E-state index contributed by atoms with van der Waals surface area (Å²) in [4.78, 5) is 0. The van der Waals surface area contributed by atoms with Gasteiger partial charge in [-0.25, -0.2) is 0 Å². The van der Waals surface area contributed by atoms with E-state index >= 15 is 0 Å². The van der Waals surface area contributed by atoms with E-state index in [1.54, 1.807) is 12.1 Å². The van der Waals surface area contributed by atoms with Crippen LogP contribution in [0.25, 0.3) is 0 Å². The van der Waals surface area contributed by atoms with Crippen LogP contribution in [-0.2, 0) is 13.1 Å². The summed E-state index contributed by atoms with van der Waals surface area (Å²) in [6, 6.07) is 15.4. The Bertz CT molecular complexity index is 485. The molecule has 3 heteroatoms. The van der Waals surface area contributed by atoms with Crippen LogP contribution in [0.1, 0.15) is 11.1 Å². The topological polar surface area (TPSA) is 32.3 Å². The summed E-state index contributed by atoms with van der Waals surface area (Å²) in [7, 11) is 0. The van der Waals surface area contributed by atoms with Crippen molar-refractivity contribution in [1.82, 2.24) is 5.32 Å². The van der Waals surface area contributed by atoms with E-state index in [2.05, 4.69) is 17.4 Å². The van der Waals surface area contributed by atoms with Gasteiger partial charge in [0.05, 0.1) is 5.02 Å². The van der Waals surface area contributed by atoms with Gasteiger partial charge in [0.25, 0.3) is 0 Å². The van der Waals surface area contributed by atoms with E-state index in [9.17, 15) is 5.11 Å². The largest absolute Gasteiger partial charge is 0.506 e. The molecule has 0 bridgehead atoms. The lowest BCUT2D eigenvalue weighted by Crippen LogP contribution is -2.12. The third kappa shape index (κ3) is 3.22. The minimum absolute atomic E-state index is 0.130. The van der Waals surface area contributed by atoms with Crippen molar-refractivity contribution in [3.05, 3.63) is 64.7 Å². The van der Waals surface area contributed by atoms with E-state index in [1.165, 1.54) is 5.56 Å². The number of benzene rings is 2. The standard InChI is InChI=1S/C14H14ClNO/c15-14-12(7-4-8-13(14)17)10-16-9-11-5-2-1-3-6-11/h1-8,16-17H,9-10H2. The van der Waals surface area contributed by atoms with Crippen LogP contribution in [0, 0.1) is 0 Å². The van der Waals surface area contributed by atoms with Crippen LogP contribution in [-0.4, -0.2) is 5.11 Å². The third-order valence-corrected chi connectivity index (χ3v) is 2.98. The molecule has 0 radical (unpaired) electrons. The Morgan fingerprint density at radius 1 is 0.941 bits per heavy atom. The van der Waals surface area contributed by atoms with Gasteiger partial charge in [-0.15, -0.1) is 0 Å². The van der Waals surface area contributed by atoms with E-state index < -0.39 is 0 Å². The molecule has 0 aliphatic heterocycles. The Hall–Kier alpha value is -1.51. The summed E-state index contributed by atoms with van der Waals surface area (Å²) in [6.07, 6.45) is 0. The smallest absolute Gasteiger partial charge is 0.134 e. The van der Waals surface area contributed by atoms with Crippen molar-refractivity contribution >= 4 is 11.6 Å². The number of hydrogen-bond acceptors (Lipinski definition) is 2. The highest BCUT2D eigenvalue weighted by atomic mass is 35.5. The third-order valence-electron chi connectivity index (χ3n) is 2.55. The van der Waals surface area contributed by atoms with E-state index in [4.69, 9.17) is 11.6 Å². The van der Waals surface area contributed by atoms with E-state index in [1.807, 2.05) is 24.3 Å². The number of hydrogen-bond donors (Lipinski definition) is 2. The first-order valence-corrected chi connectivity index (χ1v) is 5.86. The van der Waals surface area contributed by atoms with E-state index in [-0.39, 0.29) is 5.75 Å². The monoisotopic (exact) mass is 247 g/mol. The number of rotatable bonds is 4. The van der Waals surface area contributed by atoms with Gasteiger partial charge in [-0.1, -0.05) is 54.1 Å². The first-order chi connectivity index (χ1) is 8.27. The van der Waals surface area contributed by atoms with Crippen LogP contribution in [0.5, 0.6) is 5.75 Å². The Morgan fingerprint density at radius 3 is 2.47 bits per heavy atom. The minimum atomic E-state index is 0.130. The second-order valence-electron chi connectivity index (χ2n) is 3.84. The Balaban J connectivity index is 1.93. The zero-order valence-electron chi connectivity index (χ0n) is 9.36. The van der Waals surface area contributed by atoms with Crippen molar-refractivity contribution in [3.63, 3.8) is 0 Å². The van der Waals surface area contributed by atoms with Crippen molar-refractivity contribution in [2.75, 3.05) is 0 Å². The molecule has 0 saturated carbocycles. The lowest BCUT2D eigenvalue weighted by Gasteiger charge is -2.07. The van der Waals surface area contributed by atoms with Crippen molar-refractivity contribution in [3.8, 4) is 5.75 Å². The summed E-state index contributed by atoms with van der Waals surface area (Å²) in [5, 5.41) is 13.2. The molecule has 17 heavy (non-hydrogen) atoms. The molecule has 0 heterocycles. The van der Waals surface area contributed by atoms with Gasteiger partial charge in [-0.05, 0) is 17.2 Å². The van der Waals surface area contributed by atoms with Gasteiger partial charge in [0.2, 0.25) is 0 Å². The molecule has 2 nitrogen and oxygen atoms in total. The molecule has 0 amide bonds. The normalized spacial score (nSPS) is 10.4. The van der Waals surface area contributed by atoms with Gasteiger partial charge in [0.1, 0.15) is 5.75 Å². The highest BCUT2D eigenvalue weighted by Gasteiger charge is 2.03. The summed E-state index contributed by atoms with van der Waals surface area (Å²) in [6.45, 7) is 1.43. The summed E-state index contributed by atoms with van der Waals surface area (Å²) in [5.41, 5.74) is 2.13. The molecule has 88 valence electrons. The average Bonchev–Trinajstić information content (AvgIpc) is 2.36. The second kappa shape index (κ2) is 5.71. The molecule has 2 N–H and O–H groups in total. The van der Waals surface area contributed by atoms with Crippen LogP contribution in [0.2, 0.25) is 5.02 Å². The van der Waals surface area contributed by atoms with Gasteiger partial charge in [0, 0.05) is 13.1 Å². The van der Waals surface area contributed by atoms with Crippen LogP contribution < -0.4 is 5.32 Å². The molecule has 0 saturated heterocycles. The van der Waals surface area contributed by atoms with Gasteiger partial charge >= 0.3 is 0 Å². The zero-order valence-corrected chi connectivity index (χ0v) is 10.1. The van der Waals surface area contributed by atoms with Gasteiger partial charge < -0.3 is 10.4 Å². The summed E-state index contributed by atoms with van der Waals surface area (Å²) in [5.74, 6) is 0.130. The van der Waals surface area contributed by atoms with Crippen LogP contribution in [0.15, 0.2) is 48.5 Å². The Labute approximate surface area is 106 Å². The molecule has 0 aliphatic carbocycles. The fourth-order valence-corrected chi connectivity index (χ4v) is 1.83. The van der Waals surface area contributed by atoms with Crippen molar-refractivity contribution in [1.29, 1.82) is 0 Å². The summed E-state index contributed by atoms with van der Waals surface area (Å²) < 4.78 is 0. The fraction of sp³-hybridized carbons (Fsp3) is 0.143. The molecule has 2 rings (SSSR count). The molecule has 0 atom stereocenters. The van der Waals surface area contributed by atoms with Crippen molar-refractivity contribution in [2.45, 2.75) is 13.1 Å². The predicted molar refractivity (Wildman–Crippen MR) is 70.1 cm³/mol. The number of phenols is 1. The first kappa shape index (κ1) is 12.0. The molecule has 0 fully saturated rings. The highest BCUT2D eigenvalue weighted by Crippen LogP contribution is 2.26. The van der Waals surface area contributed by atoms with E-state index in [0.29, 0.717) is 11.6 Å². The molecular weight excluding hydrogens is 234 g/mol. The van der Waals surface area contributed by atoms with Gasteiger partial charge in [-0.3, -0.25) is 0 Å². The van der Waals surface area contributed by atoms with Gasteiger partial charge in [-0.2, -0.15) is 0 Å². The molecular formula is C14H14ClNO. The number of aromatic hydroxyl groups is 1. The number of halogens is 1. The molecule has 0 unspecified atom stereocenters. The fourth-order valence-electron chi connectivity index (χ4n) is 1.64. The minimum Gasteiger partial charge on any atom is -0.506 e. The van der Waals surface area contributed by atoms with Crippen LogP contribution >= 0.6 is 11.6 Å². The number of phenolic OH excluding ortho intramolecular Hbond substituents is 1. The zero-order chi connectivity index (χ0) is 12.1. The van der Waals surface area contributed by atoms with E-state index in [0.717, 1.165) is 12.1 Å². The average molecular weight is 248 g/mol. The quantitative estimate of drug-likeness (QED) is 0.869.